The van der Waals surface area contributed by atoms with Crippen LogP contribution in [0.1, 0.15) is 30.2 Å². The summed E-state index contributed by atoms with van der Waals surface area (Å²) in [6.45, 7) is 11.4. The number of piperazine rings is 1. The lowest BCUT2D eigenvalue weighted by Gasteiger charge is -2.35. The number of nitrogens with zero attached hydrogens (tertiary/aromatic N) is 6. The van der Waals surface area contributed by atoms with Crippen LogP contribution in [0, 0.1) is 19.8 Å². The van der Waals surface area contributed by atoms with Crippen molar-refractivity contribution in [2.75, 3.05) is 50.7 Å². The van der Waals surface area contributed by atoms with Gasteiger partial charge < -0.3 is 20.0 Å². The van der Waals surface area contributed by atoms with E-state index in [1.807, 2.05) is 25.4 Å². The number of aromatic nitrogens is 2. The van der Waals surface area contributed by atoms with Crippen LogP contribution in [0.2, 0.25) is 0 Å². The van der Waals surface area contributed by atoms with Crippen molar-refractivity contribution in [3.8, 4) is 0 Å². The number of halogens is 1. The van der Waals surface area contributed by atoms with E-state index in [0.29, 0.717) is 11.9 Å². The maximum atomic E-state index is 6.29. The van der Waals surface area contributed by atoms with Gasteiger partial charge in [-0.15, -0.1) is 35.3 Å². The van der Waals surface area contributed by atoms with Crippen molar-refractivity contribution in [2.24, 2.45) is 16.6 Å². The Morgan fingerprint density at radius 3 is 2.53 bits per heavy atom. The van der Waals surface area contributed by atoms with E-state index in [-0.39, 0.29) is 24.0 Å². The summed E-state index contributed by atoms with van der Waals surface area (Å²) in [6.07, 6.45) is 4.15. The third-order valence-electron chi connectivity index (χ3n) is 5.94. The van der Waals surface area contributed by atoms with Gasteiger partial charge in [-0.05, 0) is 45.7 Å². The fraction of sp³-hybridized carbons (Fsp3) is 0.650. The van der Waals surface area contributed by atoms with Crippen molar-refractivity contribution in [2.45, 2.75) is 33.2 Å². The molecule has 0 atom stereocenters. The third-order valence-corrected chi connectivity index (χ3v) is 6.78. The summed E-state index contributed by atoms with van der Waals surface area (Å²) in [6, 6.07) is 0. The average molecular weight is 545 g/mol. The number of aliphatic imine (C=N–C) groups is 1. The molecule has 0 spiro atoms. The Balaban J connectivity index is 0.00000256. The molecule has 0 amide bonds. The summed E-state index contributed by atoms with van der Waals surface area (Å²) in [5, 5.41) is 3.12. The first-order chi connectivity index (χ1) is 14.1. The second kappa shape index (κ2) is 10.8. The Kier molecular flexibility index (Phi) is 8.35. The van der Waals surface area contributed by atoms with Gasteiger partial charge >= 0.3 is 0 Å². The zero-order valence-electron chi connectivity index (χ0n) is 17.8. The van der Waals surface area contributed by atoms with Crippen LogP contribution >= 0.6 is 35.3 Å². The highest BCUT2D eigenvalue weighted by molar-refractivity contribution is 14.0. The van der Waals surface area contributed by atoms with Crippen LogP contribution in [-0.2, 0) is 6.54 Å². The average Bonchev–Trinajstić information content (AvgIpc) is 3.38. The third kappa shape index (κ3) is 5.85. The van der Waals surface area contributed by atoms with Crippen molar-refractivity contribution in [1.82, 2.24) is 19.8 Å². The molecule has 4 heterocycles. The number of rotatable bonds is 5. The summed E-state index contributed by atoms with van der Waals surface area (Å²) >= 11 is 1.69. The number of anilines is 1. The second-order valence-corrected chi connectivity index (χ2v) is 8.83. The van der Waals surface area contributed by atoms with E-state index >= 15 is 0 Å². The van der Waals surface area contributed by atoms with Crippen molar-refractivity contribution in [3.63, 3.8) is 0 Å². The van der Waals surface area contributed by atoms with E-state index in [2.05, 4.69) is 24.7 Å². The number of likely N-dealkylation sites (tertiary alicyclic amines) is 1. The van der Waals surface area contributed by atoms with E-state index in [9.17, 15) is 0 Å². The highest BCUT2D eigenvalue weighted by atomic mass is 127. The van der Waals surface area contributed by atoms with Gasteiger partial charge in [0.25, 0.3) is 0 Å². The Hall–Kier alpha value is -1.40. The lowest BCUT2D eigenvalue weighted by atomic mass is 9.97. The van der Waals surface area contributed by atoms with E-state index in [1.54, 1.807) is 11.3 Å². The van der Waals surface area contributed by atoms with E-state index in [4.69, 9.17) is 15.1 Å². The quantitative estimate of drug-likeness (QED) is 0.351. The van der Waals surface area contributed by atoms with Crippen molar-refractivity contribution in [3.05, 3.63) is 28.9 Å². The van der Waals surface area contributed by atoms with Crippen molar-refractivity contribution >= 4 is 46.4 Å². The smallest absolute Gasteiger partial charge is 0.208 e. The van der Waals surface area contributed by atoms with Crippen LogP contribution < -0.4 is 10.6 Å². The van der Waals surface area contributed by atoms with Crippen molar-refractivity contribution < 1.29 is 4.42 Å². The molecule has 0 aliphatic carbocycles. The first-order valence-electron chi connectivity index (χ1n) is 10.4. The molecule has 0 aromatic carbocycles. The minimum absolute atomic E-state index is 0. The fourth-order valence-corrected chi connectivity index (χ4v) is 4.64. The normalized spacial score (nSPS) is 19.2. The summed E-state index contributed by atoms with van der Waals surface area (Å²) in [4.78, 5) is 20.6. The number of aryl methyl sites for hydroxylation is 2. The lowest BCUT2D eigenvalue weighted by Crippen LogP contribution is -2.51. The molecule has 166 valence electrons. The SMILES string of the molecule is Cc1nc(CN2CCC(CN=C(N)N3CCN(c4nccs4)CC3)CC2)oc1C.I. The summed E-state index contributed by atoms with van der Waals surface area (Å²) in [5.41, 5.74) is 7.28. The number of thiazole rings is 1. The van der Waals surface area contributed by atoms with E-state index in [1.165, 1.54) is 0 Å². The molecule has 0 radical (unpaired) electrons. The van der Waals surface area contributed by atoms with Gasteiger partial charge in [-0.25, -0.2) is 9.97 Å². The van der Waals surface area contributed by atoms with Gasteiger partial charge in [-0.2, -0.15) is 0 Å². The Bertz CT molecular complexity index is 790. The molecule has 0 bridgehead atoms. The minimum Gasteiger partial charge on any atom is -0.444 e. The van der Waals surface area contributed by atoms with Crippen LogP contribution in [0.4, 0.5) is 5.13 Å². The number of hydrogen-bond acceptors (Lipinski definition) is 7. The fourth-order valence-electron chi connectivity index (χ4n) is 3.95. The molecule has 2 fully saturated rings. The molecule has 10 heteroatoms. The van der Waals surface area contributed by atoms with Crippen LogP contribution in [0.5, 0.6) is 0 Å². The molecule has 0 saturated carbocycles. The molecule has 2 saturated heterocycles. The molecular formula is C20H32IN7OS. The molecule has 2 aliphatic heterocycles. The van der Waals surface area contributed by atoms with Gasteiger partial charge in [0.05, 0.1) is 12.2 Å². The highest BCUT2D eigenvalue weighted by Crippen LogP contribution is 2.21. The number of hydrogen-bond donors (Lipinski definition) is 1. The zero-order chi connectivity index (χ0) is 20.2. The summed E-state index contributed by atoms with van der Waals surface area (Å²) in [7, 11) is 0. The molecule has 2 aliphatic rings. The van der Waals surface area contributed by atoms with Gasteiger partial charge in [0, 0.05) is 44.3 Å². The number of oxazole rings is 1. The number of nitrogens with two attached hydrogens (primary N) is 1. The first kappa shape index (κ1) is 23.3. The van der Waals surface area contributed by atoms with Crippen LogP contribution in [0.3, 0.4) is 0 Å². The van der Waals surface area contributed by atoms with Crippen LogP contribution in [-0.4, -0.2) is 71.5 Å². The maximum absolute atomic E-state index is 6.29. The first-order valence-corrected chi connectivity index (χ1v) is 11.3. The Morgan fingerprint density at radius 2 is 1.93 bits per heavy atom. The van der Waals surface area contributed by atoms with Gasteiger partial charge in [-0.1, -0.05) is 0 Å². The van der Waals surface area contributed by atoms with Crippen molar-refractivity contribution in [1.29, 1.82) is 0 Å². The standard InChI is InChI=1S/C20H31N7OS.HI/c1-15-16(2)28-18(24-15)14-25-6-3-17(4-7-25)13-23-19(21)26-8-10-27(11-9-26)20-22-5-12-29-20;/h5,12,17H,3-4,6-11,13-14H2,1-2H3,(H2,21,23);1H. The Morgan fingerprint density at radius 1 is 1.20 bits per heavy atom. The monoisotopic (exact) mass is 545 g/mol. The van der Waals surface area contributed by atoms with Gasteiger partial charge in [0.2, 0.25) is 5.89 Å². The minimum atomic E-state index is 0. The van der Waals surface area contributed by atoms with Gasteiger partial charge in [0.15, 0.2) is 11.1 Å². The van der Waals surface area contributed by atoms with Crippen LogP contribution in [0.25, 0.3) is 0 Å². The molecule has 2 aromatic heterocycles. The zero-order valence-corrected chi connectivity index (χ0v) is 20.9. The molecule has 0 unspecified atom stereocenters. The second-order valence-electron chi connectivity index (χ2n) is 7.96. The molecule has 30 heavy (non-hydrogen) atoms. The number of guanidine groups is 1. The molecule has 2 aromatic rings. The number of piperidine rings is 1. The molecule has 4 rings (SSSR count). The maximum Gasteiger partial charge on any atom is 0.208 e. The van der Waals surface area contributed by atoms with Gasteiger partial charge in [-0.3, -0.25) is 9.89 Å². The predicted molar refractivity (Wildman–Crippen MR) is 132 cm³/mol. The largest absolute Gasteiger partial charge is 0.444 e. The topological polar surface area (TPSA) is 87.0 Å². The highest BCUT2D eigenvalue weighted by Gasteiger charge is 2.22. The molecule has 8 nitrogen and oxygen atoms in total. The summed E-state index contributed by atoms with van der Waals surface area (Å²) < 4.78 is 5.72. The lowest BCUT2D eigenvalue weighted by molar-refractivity contribution is 0.166. The van der Waals surface area contributed by atoms with Gasteiger partial charge in [0.1, 0.15) is 5.76 Å². The van der Waals surface area contributed by atoms with Crippen LogP contribution in [0.15, 0.2) is 21.0 Å². The Labute approximate surface area is 199 Å². The van der Waals surface area contributed by atoms with E-state index in [0.717, 1.165) is 87.7 Å². The predicted octanol–water partition coefficient (Wildman–Crippen LogP) is 2.71. The summed E-state index contributed by atoms with van der Waals surface area (Å²) in [5.74, 6) is 3.05. The molecular weight excluding hydrogens is 513 g/mol. The van der Waals surface area contributed by atoms with E-state index < -0.39 is 0 Å². The molecule has 2 N–H and O–H groups in total.